The van der Waals surface area contributed by atoms with Crippen LogP contribution in [0.1, 0.15) is 11.1 Å². The van der Waals surface area contributed by atoms with Gasteiger partial charge >= 0.3 is 0 Å². The number of aromatic nitrogens is 2. The summed E-state index contributed by atoms with van der Waals surface area (Å²) in [6.07, 6.45) is 4.95. The Hall–Kier alpha value is -2.44. The van der Waals surface area contributed by atoms with Crippen LogP contribution in [0.25, 0.3) is 12.2 Å². The van der Waals surface area contributed by atoms with E-state index in [9.17, 15) is 9.59 Å². The van der Waals surface area contributed by atoms with Crippen LogP contribution in [0.2, 0.25) is 0 Å². The van der Waals surface area contributed by atoms with Gasteiger partial charge in [-0.05, 0) is 47.5 Å². The standard InChI is InChI=1S/C21H16Br2N2O2/c1-2-9-25-19(13-15-6-4-8-17(23)11-15)20(26)24-18(21(25)27)12-14-5-3-7-16(22)10-14/h2-8,10-13H,1,9H2,(H,24,26)/b18-12-,19-13-. The van der Waals surface area contributed by atoms with Gasteiger partial charge in [0.05, 0.1) is 0 Å². The Labute approximate surface area is 172 Å². The highest BCUT2D eigenvalue weighted by molar-refractivity contribution is 9.10. The Morgan fingerprint density at radius 3 is 2.11 bits per heavy atom. The first-order valence-electron chi connectivity index (χ1n) is 8.16. The average molecular weight is 488 g/mol. The van der Waals surface area contributed by atoms with Gasteiger partial charge in [0.25, 0.3) is 11.1 Å². The maximum atomic E-state index is 13.0. The maximum absolute atomic E-state index is 13.0. The highest BCUT2D eigenvalue weighted by Gasteiger charge is 2.04. The quantitative estimate of drug-likeness (QED) is 0.575. The fraction of sp³-hybridized carbons (Fsp3) is 0.0476. The molecule has 0 spiro atoms. The summed E-state index contributed by atoms with van der Waals surface area (Å²) < 4.78 is 3.21. The van der Waals surface area contributed by atoms with Crippen molar-refractivity contribution < 1.29 is 0 Å². The number of H-pyrrole nitrogens is 1. The molecule has 27 heavy (non-hydrogen) atoms. The topological polar surface area (TPSA) is 54.9 Å². The minimum absolute atomic E-state index is 0.228. The normalized spacial score (nSPS) is 12.4. The first-order valence-corrected chi connectivity index (χ1v) is 9.75. The molecule has 1 N–H and O–H groups in total. The fourth-order valence-electron chi connectivity index (χ4n) is 2.69. The molecule has 3 aromatic rings. The van der Waals surface area contributed by atoms with Gasteiger partial charge in [-0.15, -0.1) is 6.58 Å². The molecule has 6 heteroatoms. The van der Waals surface area contributed by atoms with E-state index in [1.807, 2.05) is 48.5 Å². The van der Waals surface area contributed by atoms with E-state index >= 15 is 0 Å². The zero-order valence-corrected chi connectivity index (χ0v) is 17.5. The molecule has 136 valence electrons. The van der Waals surface area contributed by atoms with Crippen molar-refractivity contribution in [3.05, 3.63) is 113 Å². The minimum atomic E-state index is -0.335. The van der Waals surface area contributed by atoms with Crippen LogP contribution in [0.3, 0.4) is 0 Å². The van der Waals surface area contributed by atoms with Crippen molar-refractivity contribution in [2.45, 2.75) is 6.54 Å². The molecule has 0 saturated carbocycles. The zero-order valence-electron chi connectivity index (χ0n) is 14.3. The number of benzene rings is 2. The maximum Gasteiger partial charge on any atom is 0.275 e. The molecule has 1 heterocycles. The molecule has 0 atom stereocenters. The van der Waals surface area contributed by atoms with Crippen LogP contribution in [-0.4, -0.2) is 9.55 Å². The van der Waals surface area contributed by atoms with Crippen molar-refractivity contribution in [1.29, 1.82) is 0 Å². The highest BCUT2D eigenvalue weighted by atomic mass is 79.9. The summed E-state index contributed by atoms with van der Waals surface area (Å²) in [5.41, 5.74) is 1.01. The summed E-state index contributed by atoms with van der Waals surface area (Å²) in [6.45, 7) is 3.94. The SMILES string of the molecule is C=CCn1c(=O)/c(=C/c2cccc(Br)c2)[nH]c(=O)/c1=C/c1cccc(Br)c1. The Balaban J connectivity index is 2.29. The number of hydrogen-bond acceptors (Lipinski definition) is 2. The van der Waals surface area contributed by atoms with Crippen molar-refractivity contribution in [2.75, 3.05) is 0 Å². The largest absolute Gasteiger partial charge is 0.316 e. The van der Waals surface area contributed by atoms with E-state index in [-0.39, 0.29) is 28.4 Å². The molecule has 0 aliphatic rings. The second-order valence-corrected chi connectivity index (χ2v) is 7.69. The Morgan fingerprint density at radius 1 is 0.963 bits per heavy atom. The Bertz CT molecular complexity index is 1240. The van der Waals surface area contributed by atoms with Gasteiger partial charge in [0, 0.05) is 15.5 Å². The lowest BCUT2D eigenvalue weighted by Gasteiger charge is -2.04. The van der Waals surface area contributed by atoms with Crippen molar-refractivity contribution in [1.82, 2.24) is 9.55 Å². The summed E-state index contributed by atoms with van der Waals surface area (Å²) in [7, 11) is 0. The van der Waals surface area contributed by atoms with E-state index in [0.29, 0.717) is 0 Å². The van der Waals surface area contributed by atoms with E-state index in [2.05, 4.69) is 43.4 Å². The van der Waals surface area contributed by atoms with Crippen LogP contribution in [0.15, 0.2) is 79.7 Å². The Kier molecular flexibility index (Phi) is 6.08. The Morgan fingerprint density at radius 2 is 1.56 bits per heavy atom. The highest BCUT2D eigenvalue weighted by Crippen LogP contribution is 2.12. The van der Waals surface area contributed by atoms with Crippen molar-refractivity contribution in [2.24, 2.45) is 0 Å². The molecule has 0 saturated heterocycles. The summed E-state index contributed by atoms with van der Waals surface area (Å²) in [6, 6.07) is 15.0. The third kappa shape index (κ3) is 4.64. The van der Waals surface area contributed by atoms with Crippen LogP contribution in [0.4, 0.5) is 0 Å². The van der Waals surface area contributed by atoms with Crippen LogP contribution >= 0.6 is 31.9 Å². The first-order chi connectivity index (χ1) is 13.0. The van der Waals surface area contributed by atoms with Gasteiger partial charge in [0.1, 0.15) is 10.7 Å². The van der Waals surface area contributed by atoms with E-state index in [0.717, 1.165) is 20.1 Å². The lowest BCUT2D eigenvalue weighted by atomic mass is 10.2. The second-order valence-electron chi connectivity index (χ2n) is 5.86. The smallest absolute Gasteiger partial charge is 0.275 e. The molecule has 0 bridgehead atoms. The molecule has 0 radical (unpaired) electrons. The average Bonchev–Trinajstić information content (AvgIpc) is 2.62. The summed E-state index contributed by atoms with van der Waals surface area (Å²) in [5.74, 6) is 0. The molecule has 3 rings (SSSR count). The van der Waals surface area contributed by atoms with E-state index in [1.165, 1.54) is 4.57 Å². The van der Waals surface area contributed by atoms with Crippen LogP contribution in [-0.2, 0) is 6.54 Å². The van der Waals surface area contributed by atoms with Gasteiger partial charge in [0.15, 0.2) is 0 Å². The summed E-state index contributed by atoms with van der Waals surface area (Å²) >= 11 is 6.82. The number of halogens is 2. The number of rotatable bonds is 4. The minimum Gasteiger partial charge on any atom is -0.316 e. The molecule has 0 unspecified atom stereocenters. The fourth-order valence-corrected chi connectivity index (χ4v) is 3.52. The van der Waals surface area contributed by atoms with Crippen LogP contribution in [0, 0.1) is 0 Å². The van der Waals surface area contributed by atoms with Crippen LogP contribution < -0.4 is 21.8 Å². The predicted molar refractivity (Wildman–Crippen MR) is 116 cm³/mol. The molecular weight excluding hydrogens is 472 g/mol. The second kappa shape index (κ2) is 8.50. The predicted octanol–water partition coefficient (Wildman–Crippen LogP) is 2.91. The van der Waals surface area contributed by atoms with Gasteiger partial charge in [-0.25, -0.2) is 0 Å². The third-order valence-corrected chi connectivity index (χ3v) is 4.86. The summed E-state index contributed by atoms with van der Waals surface area (Å²) in [5, 5.41) is 0.510. The molecule has 0 amide bonds. The van der Waals surface area contributed by atoms with Gasteiger partial charge in [-0.3, -0.25) is 14.2 Å². The van der Waals surface area contributed by atoms with E-state index < -0.39 is 0 Å². The molecule has 0 aliphatic carbocycles. The van der Waals surface area contributed by atoms with Crippen molar-refractivity contribution in [3.63, 3.8) is 0 Å². The zero-order chi connectivity index (χ0) is 19.4. The van der Waals surface area contributed by atoms with E-state index in [4.69, 9.17) is 0 Å². The third-order valence-electron chi connectivity index (χ3n) is 3.87. The number of aromatic amines is 1. The number of nitrogens with zero attached hydrogens (tertiary/aromatic N) is 1. The number of allylic oxidation sites excluding steroid dienone is 1. The van der Waals surface area contributed by atoms with Gasteiger partial charge < -0.3 is 4.98 Å². The van der Waals surface area contributed by atoms with Gasteiger partial charge in [0.2, 0.25) is 0 Å². The van der Waals surface area contributed by atoms with Crippen molar-refractivity contribution in [3.8, 4) is 0 Å². The van der Waals surface area contributed by atoms with E-state index in [1.54, 1.807) is 18.2 Å². The molecule has 1 aromatic heterocycles. The molecule has 2 aromatic carbocycles. The lowest BCUT2D eigenvalue weighted by molar-refractivity contribution is 0.717. The van der Waals surface area contributed by atoms with Crippen molar-refractivity contribution >= 4 is 44.0 Å². The monoisotopic (exact) mass is 486 g/mol. The molecule has 0 aliphatic heterocycles. The number of nitrogens with one attached hydrogen (secondary N) is 1. The number of hydrogen-bond donors (Lipinski definition) is 1. The molecule has 4 nitrogen and oxygen atoms in total. The van der Waals surface area contributed by atoms with Crippen LogP contribution in [0.5, 0.6) is 0 Å². The molecular formula is C21H16Br2N2O2. The summed E-state index contributed by atoms with van der Waals surface area (Å²) in [4.78, 5) is 28.4. The lowest BCUT2D eigenvalue weighted by Crippen LogP contribution is -2.53. The van der Waals surface area contributed by atoms with Gasteiger partial charge in [-0.1, -0.05) is 62.2 Å². The first kappa shape index (κ1) is 19.3. The van der Waals surface area contributed by atoms with Gasteiger partial charge in [-0.2, -0.15) is 0 Å². The molecule has 0 fully saturated rings.